The second kappa shape index (κ2) is 4.24. The van der Waals surface area contributed by atoms with Crippen molar-refractivity contribution in [1.82, 2.24) is 15.0 Å². The largest absolute Gasteiger partial charge is 0.478 e. The monoisotopic (exact) mass is 235 g/mol. The van der Waals surface area contributed by atoms with E-state index in [1.54, 1.807) is 0 Å². The summed E-state index contributed by atoms with van der Waals surface area (Å²) < 4.78 is 0. The fourth-order valence-corrected chi connectivity index (χ4v) is 1.24. The summed E-state index contributed by atoms with van der Waals surface area (Å²) in [6, 6.07) is 1.46. The van der Waals surface area contributed by atoms with Crippen molar-refractivity contribution in [3.63, 3.8) is 0 Å². The van der Waals surface area contributed by atoms with Crippen molar-refractivity contribution in [2.45, 2.75) is 0 Å². The van der Waals surface area contributed by atoms with Crippen molar-refractivity contribution in [2.24, 2.45) is 0 Å². The van der Waals surface area contributed by atoms with Gasteiger partial charge in [-0.25, -0.2) is 14.8 Å². The molecule has 1 N–H and O–H groups in total. The highest BCUT2D eigenvalue weighted by Crippen LogP contribution is 2.15. The van der Waals surface area contributed by atoms with E-state index in [9.17, 15) is 4.79 Å². The molecule has 0 atom stereocenters. The van der Waals surface area contributed by atoms with Crippen LogP contribution in [0.25, 0.3) is 11.4 Å². The first kappa shape index (κ1) is 10.5. The van der Waals surface area contributed by atoms with Crippen LogP contribution in [0.2, 0.25) is 5.02 Å². The molecule has 0 saturated carbocycles. The molecule has 0 spiro atoms. The number of hydrogen-bond donors (Lipinski definition) is 1. The SMILES string of the molecule is O=C(O)c1cncc(-c2ncc(Cl)cn2)c1. The summed E-state index contributed by atoms with van der Waals surface area (Å²) in [5.41, 5.74) is 0.632. The van der Waals surface area contributed by atoms with Gasteiger partial charge in [0, 0.05) is 30.4 Å². The van der Waals surface area contributed by atoms with Crippen molar-refractivity contribution >= 4 is 17.6 Å². The van der Waals surface area contributed by atoms with E-state index in [0.29, 0.717) is 16.4 Å². The van der Waals surface area contributed by atoms with Gasteiger partial charge in [0.1, 0.15) is 0 Å². The van der Waals surface area contributed by atoms with Gasteiger partial charge in [-0.15, -0.1) is 0 Å². The number of pyridine rings is 1. The van der Waals surface area contributed by atoms with Gasteiger partial charge < -0.3 is 5.11 Å². The Morgan fingerprint density at radius 3 is 2.50 bits per heavy atom. The molecule has 0 bridgehead atoms. The predicted octanol–water partition coefficient (Wildman–Crippen LogP) is 1.89. The van der Waals surface area contributed by atoms with Gasteiger partial charge in [0.15, 0.2) is 5.82 Å². The van der Waals surface area contributed by atoms with Gasteiger partial charge in [0.05, 0.1) is 10.6 Å². The van der Waals surface area contributed by atoms with Crippen LogP contribution in [-0.4, -0.2) is 26.0 Å². The minimum atomic E-state index is -1.04. The Hall–Kier alpha value is -2.01. The number of nitrogens with zero attached hydrogens (tertiary/aromatic N) is 3. The summed E-state index contributed by atoms with van der Waals surface area (Å²) in [6.45, 7) is 0. The van der Waals surface area contributed by atoms with Gasteiger partial charge in [-0.2, -0.15) is 0 Å². The normalized spacial score (nSPS) is 10.1. The van der Waals surface area contributed by atoms with Gasteiger partial charge in [-0.3, -0.25) is 4.98 Å². The molecule has 2 heterocycles. The standard InChI is InChI=1S/C10H6ClN3O2/c11-8-4-13-9(14-5-8)6-1-7(10(15)16)3-12-2-6/h1-5H,(H,15,16). The second-order valence-corrected chi connectivity index (χ2v) is 3.43. The molecule has 2 aromatic rings. The minimum absolute atomic E-state index is 0.0936. The average Bonchev–Trinajstić information content (AvgIpc) is 2.30. The van der Waals surface area contributed by atoms with Crippen LogP contribution in [0.5, 0.6) is 0 Å². The average molecular weight is 236 g/mol. The summed E-state index contributed by atoms with van der Waals surface area (Å²) >= 11 is 5.65. The predicted molar refractivity (Wildman–Crippen MR) is 57.2 cm³/mol. The number of carboxylic acid groups (broad SMARTS) is 1. The van der Waals surface area contributed by atoms with Gasteiger partial charge in [0.2, 0.25) is 0 Å². The summed E-state index contributed by atoms with van der Waals surface area (Å²) in [4.78, 5) is 22.5. The fraction of sp³-hybridized carbons (Fsp3) is 0. The van der Waals surface area contributed by atoms with Crippen LogP contribution in [-0.2, 0) is 0 Å². The molecule has 5 nitrogen and oxygen atoms in total. The van der Waals surface area contributed by atoms with Gasteiger partial charge >= 0.3 is 5.97 Å². The first-order valence-corrected chi connectivity index (χ1v) is 4.71. The molecule has 0 aliphatic heterocycles. The van der Waals surface area contributed by atoms with E-state index in [4.69, 9.17) is 16.7 Å². The number of rotatable bonds is 2. The summed E-state index contributed by atoms with van der Waals surface area (Å²) in [5, 5.41) is 9.22. The zero-order valence-electron chi connectivity index (χ0n) is 7.96. The van der Waals surface area contributed by atoms with Crippen LogP contribution >= 0.6 is 11.6 Å². The highest BCUT2D eigenvalue weighted by Gasteiger charge is 2.07. The number of aromatic carboxylic acids is 1. The van der Waals surface area contributed by atoms with E-state index in [0.717, 1.165) is 0 Å². The third-order valence-electron chi connectivity index (χ3n) is 1.86. The molecule has 0 aliphatic rings. The van der Waals surface area contributed by atoms with Crippen molar-refractivity contribution in [3.05, 3.63) is 41.4 Å². The lowest BCUT2D eigenvalue weighted by atomic mass is 10.2. The first-order chi connectivity index (χ1) is 7.66. The minimum Gasteiger partial charge on any atom is -0.478 e. The molecule has 0 radical (unpaired) electrons. The Bertz CT molecular complexity index is 528. The van der Waals surface area contributed by atoms with Crippen molar-refractivity contribution < 1.29 is 9.90 Å². The summed E-state index contributed by atoms with van der Waals surface area (Å²) in [5.74, 6) is -0.650. The van der Waals surface area contributed by atoms with E-state index >= 15 is 0 Å². The smallest absolute Gasteiger partial charge is 0.337 e. The quantitative estimate of drug-likeness (QED) is 0.860. The van der Waals surface area contributed by atoms with E-state index in [1.165, 1.54) is 30.9 Å². The third-order valence-corrected chi connectivity index (χ3v) is 2.06. The highest BCUT2D eigenvalue weighted by atomic mass is 35.5. The van der Waals surface area contributed by atoms with E-state index in [-0.39, 0.29) is 5.56 Å². The molecule has 0 amide bonds. The third kappa shape index (κ3) is 2.14. The maximum atomic E-state index is 10.7. The zero-order chi connectivity index (χ0) is 11.5. The van der Waals surface area contributed by atoms with Crippen LogP contribution in [0, 0.1) is 0 Å². The highest BCUT2D eigenvalue weighted by molar-refractivity contribution is 6.30. The Labute approximate surface area is 95.8 Å². The molecule has 0 aromatic carbocycles. The summed E-state index contributed by atoms with van der Waals surface area (Å²) in [6.07, 6.45) is 5.64. The molecule has 80 valence electrons. The summed E-state index contributed by atoms with van der Waals surface area (Å²) in [7, 11) is 0. The Balaban J connectivity index is 2.44. The van der Waals surface area contributed by atoms with Gasteiger partial charge in [-0.1, -0.05) is 11.6 Å². The molecule has 0 unspecified atom stereocenters. The Morgan fingerprint density at radius 2 is 1.88 bits per heavy atom. The molecule has 2 rings (SSSR count). The van der Waals surface area contributed by atoms with E-state index in [1.807, 2.05) is 0 Å². The van der Waals surface area contributed by atoms with Crippen LogP contribution in [0.3, 0.4) is 0 Å². The van der Waals surface area contributed by atoms with Gasteiger partial charge in [-0.05, 0) is 6.07 Å². The number of hydrogen-bond acceptors (Lipinski definition) is 4. The maximum absolute atomic E-state index is 10.7. The molecule has 6 heteroatoms. The lowest BCUT2D eigenvalue weighted by Gasteiger charge is -2.00. The van der Waals surface area contributed by atoms with E-state index < -0.39 is 5.97 Å². The molecule has 0 saturated heterocycles. The first-order valence-electron chi connectivity index (χ1n) is 4.33. The lowest BCUT2D eigenvalue weighted by Crippen LogP contribution is -1.98. The number of carbonyl (C=O) groups is 1. The second-order valence-electron chi connectivity index (χ2n) is 2.99. The van der Waals surface area contributed by atoms with Crippen LogP contribution in [0.1, 0.15) is 10.4 Å². The van der Waals surface area contributed by atoms with Crippen molar-refractivity contribution in [2.75, 3.05) is 0 Å². The molecular formula is C10H6ClN3O2. The van der Waals surface area contributed by atoms with Crippen molar-refractivity contribution in [1.29, 1.82) is 0 Å². The topological polar surface area (TPSA) is 76.0 Å². The molecule has 0 fully saturated rings. The zero-order valence-corrected chi connectivity index (χ0v) is 8.72. The van der Waals surface area contributed by atoms with Crippen LogP contribution in [0.15, 0.2) is 30.9 Å². The molecule has 2 aromatic heterocycles. The number of halogens is 1. The molecule has 16 heavy (non-hydrogen) atoms. The van der Waals surface area contributed by atoms with Crippen LogP contribution < -0.4 is 0 Å². The van der Waals surface area contributed by atoms with Gasteiger partial charge in [0.25, 0.3) is 0 Å². The number of aromatic nitrogens is 3. The Kier molecular flexibility index (Phi) is 2.78. The fourth-order valence-electron chi connectivity index (χ4n) is 1.14. The lowest BCUT2D eigenvalue weighted by molar-refractivity contribution is 0.0696. The van der Waals surface area contributed by atoms with E-state index in [2.05, 4.69) is 15.0 Å². The number of carboxylic acids is 1. The maximum Gasteiger partial charge on any atom is 0.337 e. The molecule has 0 aliphatic carbocycles. The van der Waals surface area contributed by atoms with Crippen LogP contribution in [0.4, 0.5) is 0 Å². The molecular weight excluding hydrogens is 230 g/mol. The van der Waals surface area contributed by atoms with Crippen molar-refractivity contribution in [3.8, 4) is 11.4 Å². The Morgan fingerprint density at radius 1 is 1.19 bits per heavy atom.